The van der Waals surface area contributed by atoms with E-state index in [-0.39, 0.29) is 24.1 Å². The summed E-state index contributed by atoms with van der Waals surface area (Å²) in [7, 11) is 0. The Morgan fingerprint density at radius 2 is 2.24 bits per heavy atom. The Morgan fingerprint density at radius 3 is 2.76 bits per heavy atom. The highest BCUT2D eigenvalue weighted by atomic mass is 35.5. The van der Waals surface area contributed by atoms with Crippen LogP contribution in [-0.4, -0.2) is 12.5 Å². The van der Waals surface area contributed by atoms with Crippen LogP contribution >= 0.6 is 11.6 Å². The highest BCUT2D eigenvalue weighted by Gasteiger charge is 2.16. The van der Waals surface area contributed by atoms with Gasteiger partial charge in [-0.3, -0.25) is 4.79 Å². The summed E-state index contributed by atoms with van der Waals surface area (Å²) in [6.45, 7) is 3.74. The van der Waals surface area contributed by atoms with Gasteiger partial charge in [0.15, 0.2) is 0 Å². The van der Waals surface area contributed by atoms with Crippen molar-refractivity contribution in [1.82, 2.24) is 0 Å². The first-order valence-electron chi connectivity index (χ1n) is 5.46. The van der Waals surface area contributed by atoms with Gasteiger partial charge in [0.1, 0.15) is 5.82 Å². The second kappa shape index (κ2) is 5.98. The lowest BCUT2D eigenvalue weighted by Crippen LogP contribution is -2.28. The van der Waals surface area contributed by atoms with Crippen molar-refractivity contribution in [2.24, 2.45) is 11.7 Å². The number of nitrogens with two attached hydrogens (primary N) is 1. The van der Waals surface area contributed by atoms with E-state index in [0.29, 0.717) is 17.0 Å². The van der Waals surface area contributed by atoms with Gasteiger partial charge in [-0.15, -0.1) is 0 Å². The number of hydrogen-bond donors (Lipinski definition) is 2. The van der Waals surface area contributed by atoms with Gasteiger partial charge in [-0.25, -0.2) is 4.39 Å². The van der Waals surface area contributed by atoms with Crippen molar-refractivity contribution < 1.29 is 9.18 Å². The van der Waals surface area contributed by atoms with Crippen LogP contribution in [0.2, 0.25) is 5.02 Å². The summed E-state index contributed by atoms with van der Waals surface area (Å²) in [5, 5.41) is 2.91. The molecule has 3 N–H and O–H groups in total. The molecule has 0 aliphatic heterocycles. The van der Waals surface area contributed by atoms with Gasteiger partial charge in [0.2, 0.25) is 5.91 Å². The molecule has 1 rings (SSSR count). The Hall–Kier alpha value is -1.13. The minimum atomic E-state index is -0.398. The first kappa shape index (κ1) is 13.9. The maximum Gasteiger partial charge on any atom is 0.228 e. The molecule has 1 unspecified atom stereocenters. The molecule has 0 saturated heterocycles. The summed E-state index contributed by atoms with van der Waals surface area (Å²) < 4.78 is 13.3. The average Bonchev–Trinajstić information content (AvgIpc) is 2.27. The maximum absolute atomic E-state index is 13.3. The minimum absolute atomic E-state index is 0.236. The zero-order valence-corrected chi connectivity index (χ0v) is 10.6. The minimum Gasteiger partial charge on any atom is -0.330 e. The predicted octanol–water partition coefficient (Wildman–Crippen LogP) is 2.71. The molecule has 0 bridgehead atoms. The van der Waals surface area contributed by atoms with Crippen LogP contribution in [0.3, 0.4) is 0 Å². The number of anilines is 1. The van der Waals surface area contributed by atoms with Crippen molar-refractivity contribution >= 4 is 23.2 Å². The quantitative estimate of drug-likeness (QED) is 0.872. The molecule has 0 spiro atoms. The molecule has 1 aromatic carbocycles. The second-order valence-corrected chi connectivity index (χ2v) is 4.32. The van der Waals surface area contributed by atoms with Gasteiger partial charge in [-0.2, -0.15) is 0 Å². The van der Waals surface area contributed by atoms with E-state index < -0.39 is 5.82 Å². The molecule has 1 atom stereocenters. The van der Waals surface area contributed by atoms with E-state index in [2.05, 4.69) is 5.32 Å². The van der Waals surface area contributed by atoms with Crippen molar-refractivity contribution in [2.75, 3.05) is 11.9 Å². The summed E-state index contributed by atoms with van der Waals surface area (Å²) in [6.07, 6.45) is 0.633. The van der Waals surface area contributed by atoms with Gasteiger partial charge in [-0.05, 0) is 31.0 Å². The fourth-order valence-corrected chi connectivity index (χ4v) is 1.70. The first-order valence-corrected chi connectivity index (χ1v) is 5.84. The molecule has 3 nitrogen and oxygen atoms in total. The Labute approximate surface area is 105 Å². The van der Waals surface area contributed by atoms with Gasteiger partial charge in [0, 0.05) is 6.54 Å². The highest BCUT2D eigenvalue weighted by Crippen LogP contribution is 2.25. The summed E-state index contributed by atoms with van der Waals surface area (Å²) in [5.74, 6) is -0.916. The number of hydrogen-bond acceptors (Lipinski definition) is 2. The molecule has 1 amide bonds. The van der Waals surface area contributed by atoms with E-state index in [1.165, 1.54) is 12.1 Å². The van der Waals surface area contributed by atoms with E-state index in [9.17, 15) is 9.18 Å². The normalized spacial score (nSPS) is 12.3. The molecular formula is C12H16ClFN2O. The molecule has 0 fully saturated rings. The number of aryl methyl sites for hydroxylation is 1. The van der Waals surface area contributed by atoms with Crippen LogP contribution in [0.15, 0.2) is 12.1 Å². The molecule has 0 heterocycles. The molecule has 94 valence electrons. The lowest BCUT2D eigenvalue weighted by molar-refractivity contribution is -0.119. The summed E-state index contributed by atoms with van der Waals surface area (Å²) in [4.78, 5) is 11.8. The molecule has 0 aromatic heterocycles. The maximum atomic E-state index is 13.3. The molecule has 0 aliphatic rings. The topological polar surface area (TPSA) is 55.1 Å². The van der Waals surface area contributed by atoms with Crippen LogP contribution in [0, 0.1) is 18.7 Å². The third-order valence-corrected chi connectivity index (χ3v) is 2.97. The molecule has 0 saturated carbocycles. The third kappa shape index (κ3) is 3.41. The van der Waals surface area contributed by atoms with Crippen LogP contribution in [0.25, 0.3) is 0 Å². The van der Waals surface area contributed by atoms with Crippen LogP contribution in [0.5, 0.6) is 0 Å². The zero-order chi connectivity index (χ0) is 13.0. The summed E-state index contributed by atoms with van der Waals surface area (Å²) >= 11 is 5.92. The third-order valence-electron chi connectivity index (χ3n) is 2.65. The zero-order valence-electron chi connectivity index (χ0n) is 9.89. The van der Waals surface area contributed by atoms with Gasteiger partial charge in [-0.1, -0.05) is 18.5 Å². The number of amides is 1. The monoisotopic (exact) mass is 258 g/mol. The number of carbonyl (C=O) groups excluding carboxylic acids is 1. The molecule has 1 aromatic rings. The van der Waals surface area contributed by atoms with Gasteiger partial charge >= 0.3 is 0 Å². The largest absolute Gasteiger partial charge is 0.330 e. The molecular weight excluding hydrogens is 243 g/mol. The van der Waals surface area contributed by atoms with E-state index in [4.69, 9.17) is 17.3 Å². The Kier molecular flexibility index (Phi) is 4.90. The summed E-state index contributed by atoms with van der Waals surface area (Å²) in [6, 6.07) is 2.70. The standard InChI is InChI=1S/C12H16ClFN2O/c1-3-8(6-15)12(17)16-11-5-10(14)7(2)4-9(11)13/h4-5,8H,3,6,15H2,1-2H3,(H,16,17). The fraction of sp³-hybridized carbons (Fsp3) is 0.417. The van der Waals surface area contributed by atoms with Crippen LogP contribution in [0.4, 0.5) is 10.1 Å². The Morgan fingerprint density at radius 1 is 1.59 bits per heavy atom. The lowest BCUT2D eigenvalue weighted by Gasteiger charge is -2.14. The van der Waals surface area contributed by atoms with Crippen LogP contribution in [0.1, 0.15) is 18.9 Å². The molecule has 0 radical (unpaired) electrons. The van der Waals surface area contributed by atoms with Gasteiger partial charge in [0.25, 0.3) is 0 Å². The number of benzene rings is 1. The van der Waals surface area contributed by atoms with Crippen LogP contribution < -0.4 is 11.1 Å². The smallest absolute Gasteiger partial charge is 0.228 e. The first-order chi connectivity index (χ1) is 7.99. The number of nitrogens with one attached hydrogen (secondary N) is 1. The van der Waals surface area contributed by atoms with E-state index in [1.807, 2.05) is 6.92 Å². The number of rotatable bonds is 4. The van der Waals surface area contributed by atoms with Gasteiger partial charge in [0.05, 0.1) is 16.6 Å². The second-order valence-electron chi connectivity index (χ2n) is 3.91. The SMILES string of the molecule is CCC(CN)C(=O)Nc1cc(F)c(C)cc1Cl. The summed E-state index contributed by atoms with van der Waals surface area (Å²) in [5.41, 5.74) is 6.19. The van der Waals surface area contributed by atoms with Gasteiger partial charge < -0.3 is 11.1 Å². The average molecular weight is 259 g/mol. The van der Waals surface area contributed by atoms with Crippen LogP contribution in [-0.2, 0) is 4.79 Å². The Bertz CT molecular complexity index is 419. The van der Waals surface area contributed by atoms with Crippen molar-refractivity contribution in [3.63, 3.8) is 0 Å². The lowest BCUT2D eigenvalue weighted by atomic mass is 10.1. The van der Waals surface area contributed by atoms with E-state index in [1.54, 1.807) is 6.92 Å². The number of carbonyl (C=O) groups is 1. The highest BCUT2D eigenvalue weighted by molar-refractivity contribution is 6.33. The van der Waals surface area contributed by atoms with E-state index >= 15 is 0 Å². The van der Waals surface area contributed by atoms with Crippen molar-refractivity contribution in [2.45, 2.75) is 20.3 Å². The fourth-order valence-electron chi connectivity index (χ4n) is 1.44. The van der Waals surface area contributed by atoms with Crippen molar-refractivity contribution in [1.29, 1.82) is 0 Å². The Balaban J connectivity index is 2.88. The predicted molar refractivity (Wildman–Crippen MR) is 67.6 cm³/mol. The van der Waals surface area contributed by atoms with Crippen molar-refractivity contribution in [3.05, 3.63) is 28.5 Å². The molecule has 5 heteroatoms. The molecule has 0 aliphatic carbocycles. The number of halogens is 2. The van der Waals surface area contributed by atoms with Crippen molar-refractivity contribution in [3.8, 4) is 0 Å². The van der Waals surface area contributed by atoms with E-state index in [0.717, 1.165) is 0 Å². The molecule has 17 heavy (non-hydrogen) atoms.